The second kappa shape index (κ2) is 6.91. The van der Waals surface area contributed by atoms with Crippen molar-refractivity contribution in [2.45, 2.75) is 4.90 Å². The van der Waals surface area contributed by atoms with E-state index in [4.69, 9.17) is 5.11 Å². The second-order valence-electron chi connectivity index (χ2n) is 4.40. The molecule has 0 aliphatic carbocycles. The van der Waals surface area contributed by atoms with Crippen LogP contribution >= 0.6 is 11.8 Å². The fourth-order valence-electron chi connectivity index (χ4n) is 2.03. The van der Waals surface area contributed by atoms with Gasteiger partial charge in [-0.1, -0.05) is 36.4 Å². The molecule has 0 saturated carbocycles. The minimum atomic E-state index is -1.19. The SMILES string of the molecule is C=CCSc1cc(C(=O)O)cc([N+](=O)[O-])c1-c1ccccc1. The molecule has 0 atom stereocenters. The first-order chi connectivity index (χ1) is 10.5. The molecule has 0 heterocycles. The molecule has 2 aromatic rings. The van der Waals surface area contributed by atoms with Crippen LogP contribution in [-0.2, 0) is 0 Å². The first-order valence-corrected chi connectivity index (χ1v) is 7.38. The molecule has 112 valence electrons. The Morgan fingerprint density at radius 3 is 2.55 bits per heavy atom. The summed E-state index contributed by atoms with van der Waals surface area (Å²) in [4.78, 5) is 22.6. The smallest absolute Gasteiger partial charge is 0.335 e. The number of aromatic carboxylic acids is 1. The van der Waals surface area contributed by atoms with E-state index in [1.807, 2.05) is 6.07 Å². The van der Waals surface area contributed by atoms with E-state index in [-0.39, 0.29) is 11.3 Å². The van der Waals surface area contributed by atoms with E-state index < -0.39 is 10.9 Å². The van der Waals surface area contributed by atoms with Crippen molar-refractivity contribution < 1.29 is 14.8 Å². The molecule has 0 amide bonds. The lowest BCUT2D eigenvalue weighted by molar-refractivity contribution is -0.384. The van der Waals surface area contributed by atoms with Crippen molar-refractivity contribution in [2.75, 3.05) is 5.75 Å². The summed E-state index contributed by atoms with van der Waals surface area (Å²) in [5.74, 6) is -0.664. The van der Waals surface area contributed by atoms with E-state index in [2.05, 4.69) is 6.58 Å². The highest BCUT2D eigenvalue weighted by Gasteiger charge is 2.23. The molecular weight excluding hydrogens is 302 g/mol. The molecule has 2 aromatic carbocycles. The van der Waals surface area contributed by atoms with Gasteiger partial charge in [-0.15, -0.1) is 18.3 Å². The molecule has 0 aliphatic heterocycles. The fraction of sp³-hybridized carbons (Fsp3) is 0.0625. The lowest BCUT2D eigenvalue weighted by Gasteiger charge is -2.11. The summed E-state index contributed by atoms with van der Waals surface area (Å²) in [7, 11) is 0. The maximum Gasteiger partial charge on any atom is 0.335 e. The number of benzene rings is 2. The van der Waals surface area contributed by atoms with Crippen molar-refractivity contribution in [2.24, 2.45) is 0 Å². The molecule has 0 spiro atoms. The molecule has 0 saturated heterocycles. The fourth-order valence-corrected chi connectivity index (χ4v) is 2.90. The number of thioether (sulfide) groups is 1. The molecular formula is C16H13NO4S. The summed E-state index contributed by atoms with van der Waals surface area (Å²) in [5, 5.41) is 20.5. The number of nitro groups is 1. The van der Waals surface area contributed by atoms with Crippen molar-refractivity contribution in [3.05, 3.63) is 70.8 Å². The topological polar surface area (TPSA) is 80.4 Å². The van der Waals surface area contributed by atoms with Crippen LogP contribution in [0.15, 0.2) is 60.0 Å². The number of nitro benzene ring substituents is 1. The first kappa shape index (κ1) is 15.8. The van der Waals surface area contributed by atoms with Gasteiger partial charge in [0.15, 0.2) is 0 Å². The summed E-state index contributed by atoms with van der Waals surface area (Å²) in [6.45, 7) is 3.62. The van der Waals surface area contributed by atoms with E-state index in [0.29, 0.717) is 21.8 Å². The molecule has 5 nitrogen and oxygen atoms in total. The van der Waals surface area contributed by atoms with Gasteiger partial charge in [-0.25, -0.2) is 4.79 Å². The van der Waals surface area contributed by atoms with Gasteiger partial charge in [0.1, 0.15) is 0 Å². The van der Waals surface area contributed by atoms with Crippen molar-refractivity contribution >= 4 is 23.4 Å². The summed E-state index contributed by atoms with van der Waals surface area (Å²) in [6, 6.07) is 11.5. The Kier molecular flexibility index (Phi) is 4.95. The maximum absolute atomic E-state index is 11.4. The van der Waals surface area contributed by atoms with Crippen LogP contribution in [0.1, 0.15) is 10.4 Å². The van der Waals surface area contributed by atoms with Crippen LogP contribution in [-0.4, -0.2) is 21.8 Å². The lowest BCUT2D eigenvalue weighted by Crippen LogP contribution is -2.01. The highest BCUT2D eigenvalue weighted by atomic mass is 32.2. The van der Waals surface area contributed by atoms with E-state index in [0.717, 1.165) is 6.07 Å². The monoisotopic (exact) mass is 315 g/mol. The second-order valence-corrected chi connectivity index (χ2v) is 5.46. The van der Waals surface area contributed by atoms with Gasteiger partial charge >= 0.3 is 5.97 Å². The van der Waals surface area contributed by atoms with Crippen LogP contribution in [0.4, 0.5) is 5.69 Å². The molecule has 0 unspecified atom stereocenters. The predicted octanol–water partition coefficient (Wildman–Crippen LogP) is 4.24. The van der Waals surface area contributed by atoms with Gasteiger partial charge in [0, 0.05) is 16.7 Å². The van der Waals surface area contributed by atoms with Crippen LogP contribution in [0.2, 0.25) is 0 Å². The minimum absolute atomic E-state index is 0.0991. The largest absolute Gasteiger partial charge is 0.478 e. The van der Waals surface area contributed by atoms with Gasteiger partial charge in [0.05, 0.1) is 16.1 Å². The van der Waals surface area contributed by atoms with Crippen LogP contribution in [0, 0.1) is 10.1 Å². The van der Waals surface area contributed by atoms with Gasteiger partial charge in [0.2, 0.25) is 0 Å². The quantitative estimate of drug-likeness (QED) is 0.373. The van der Waals surface area contributed by atoms with Gasteiger partial charge in [0.25, 0.3) is 5.69 Å². The lowest BCUT2D eigenvalue weighted by atomic mass is 10.0. The van der Waals surface area contributed by atoms with Gasteiger partial charge in [-0.05, 0) is 11.6 Å². The molecule has 6 heteroatoms. The van der Waals surface area contributed by atoms with E-state index >= 15 is 0 Å². The van der Waals surface area contributed by atoms with Crippen molar-refractivity contribution in [1.82, 2.24) is 0 Å². The summed E-state index contributed by atoms with van der Waals surface area (Å²) < 4.78 is 0. The highest BCUT2D eigenvalue weighted by molar-refractivity contribution is 7.99. The molecule has 0 bridgehead atoms. The van der Waals surface area contributed by atoms with Gasteiger partial charge < -0.3 is 5.11 Å². The molecule has 0 aliphatic rings. The Morgan fingerprint density at radius 1 is 1.32 bits per heavy atom. The third-order valence-electron chi connectivity index (χ3n) is 2.94. The average Bonchev–Trinajstić information content (AvgIpc) is 2.52. The summed E-state index contributed by atoms with van der Waals surface area (Å²) in [6.07, 6.45) is 1.67. The number of rotatable bonds is 6. The third kappa shape index (κ3) is 3.35. The Labute approximate surface area is 131 Å². The normalized spacial score (nSPS) is 10.2. The molecule has 0 fully saturated rings. The van der Waals surface area contributed by atoms with Crippen molar-refractivity contribution in [3.8, 4) is 11.1 Å². The van der Waals surface area contributed by atoms with Crippen LogP contribution in [0.5, 0.6) is 0 Å². The number of hydrogen-bond acceptors (Lipinski definition) is 4. The molecule has 1 N–H and O–H groups in total. The van der Waals surface area contributed by atoms with Crippen LogP contribution < -0.4 is 0 Å². The zero-order chi connectivity index (χ0) is 16.1. The van der Waals surface area contributed by atoms with E-state index in [1.165, 1.54) is 17.8 Å². The summed E-state index contributed by atoms with van der Waals surface area (Å²) >= 11 is 1.32. The average molecular weight is 315 g/mol. The zero-order valence-corrected chi connectivity index (χ0v) is 12.4. The molecule has 22 heavy (non-hydrogen) atoms. The first-order valence-electron chi connectivity index (χ1n) is 6.39. The molecule has 2 rings (SSSR count). The van der Waals surface area contributed by atoms with Crippen molar-refractivity contribution in [3.63, 3.8) is 0 Å². The Hall–Kier alpha value is -2.60. The summed E-state index contributed by atoms with van der Waals surface area (Å²) in [5.41, 5.74) is 0.802. The Bertz CT molecular complexity index is 728. The number of carboxylic acids is 1. The minimum Gasteiger partial charge on any atom is -0.478 e. The van der Waals surface area contributed by atoms with Crippen LogP contribution in [0.3, 0.4) is 0 Å². The third-order valence-corrected chi connectivity index (χ3v) is 3.98. The van der Waals surface area contributed by atoms with E-state index in [1.54, 1.807) is 30.3 Å². The number of carbonyl (C=O) groups is 1. The van der Waals surface area contributed by atoms with Crippen molar-refractivity contribution in [1.29, 1.82) is 0 Å². The number of nitrogens with zero attached hydrogens (tertiary/aromatic N) is 1. The Balaban J connectivity index is 2.73. The zero-order valence-electron chi connectivity index (χ0n) is 11.6. The maximum atomic E-state index is 11.4. The van der Waals surface area contributed by atoms with Gasteiger partial charge in [-0.2, -0.15) is 0 Å². The van der Waals surface area contributed by atoms with Crippen LogP contribution in [0.25, 0.3) is 11.1 Å². The van der Waals surface area contributed by atoms with E-state index in [9.17, 15) is 14.9 Å². The highest BCUT2D eigenvalue weighted by Crippen LogP contribution is 2.39. The molecule has 0 aromatic heterocycles. The predicted molar refractivity (Wildman–Crippen MR) is 86.4 cm³/mol. The standard InChI is InChI=1S/C16H13NO4S/c1-2-8-22-14-10-12(16(18)19)9-13(17(20)21)15(14)11-6-4-3-5-7-11/h2-7,9-10H,1,8H2,(H,18,19). The number of hydrogen-bond donors (Lipinski definition) is 1. The van der Waals surface area contributed by atoms with Gasteiger partial charge in [-0.3, -0.25) is 10.1 Å². The molecule has 0 radical (unpaired) electrons. The Morgan fingerprint density at radius 2 is 2.00 bits per heavy atom. The number of carboxylic acid groups (broad SMARTS) is 1.